The standard InChI is InChI=1S/C26H32N2O7/c1-4-5-6-7-12-8-9-16(29)18-14(12)10-13-11-15-20(28(2)3)22(31)19(25(27)34)24(33)26(15,35)23(32)17(13)21(18)30/h8-9,13,15,17,19-20,29,35H,4-7,10-11H2,1-3H3,(H2,27,34)/t13-,15-,17?,19?,20+,26-/m0/s1. The third kappa shape index (κ3) is 3.63. The summed E-state index contributed by atoms with van der Waals surface area (Å²) in [7, 11) is 3.14. The van der Waals surface area contributed by atoms with Gasteiger partial charge in [-0.25, -0.2) is 0 Å². The number of carbonyl (C=O) groups is 5. The fraction of sp³-hybridized carbons (Fsp3) is 0.577. The first-order valence-electron chi connectivity index (χ1n) is 12.1. The molecule has 2 unspecified atom stereocenters. The monoisotopic (exact) mass is 484 g/mol. The van der Waals surface area contributed by atoms with Crippen molar-refractivity contribution in [1.29, 1.82) is 0 Å². The minimum Gasteiger partial charge on any atom is -0.507 e. The second kappa shape index (κ2) is 8.95. The smallest absolute Gasteiger partial charge is 0.235 e. The van der Waals surface area contributed by atoms with Crippen LogP contribution in [0, 0.1) is 23.7 Å². The molecule has 1 aromatic rings. The number of ketones is 4. The first-order chi connectivity index (χ1) is 16.5. The number of hydrogen-bond acceptors (Lipinski definition) is 8. The summed E-state index contributed by atoms with van der Waals surface area (Å²) < 4.78 is 0. The number of amides is 1. The molecule has 1 amide bonds. The van der Waals surface area contributed by atoms with Crippen molar-refractivity contribution in [1.82, 2.24) is 4.90 Å². The van der Waals surface area contributed by atoms with Crippen LogP contribution in [0.4, 0.5) is 0 Å². The maximum atomic E-state index is 13.7. The summed E-state index contributed by atoms with van der Waals surface area (Å²) in [4.78, 5) is 67.2. The molecule has 4 rings (SSSR count). The van der Waals surface area contributed by atoms with Gasteiger partial charge in [0, 0.05) is 5.92 Å². The molecular weight excluding hydrogens is 452 g/mol. The second-order valence-electron chi connectivity index (χ2n) is 10.3. The quantitative estimate of drug-likeness (QED) is 0.392. The van der Waals surface area contributed by atoms with Crippen LogP contribution in [-0.4, -0.2) is 69.9 Å². The highest BCUT2D eigenvalue weighted by molar-refractivity contribution is 6.32. The highest BCUT2D eigenvalue weighted by Gasteiger charge is 2.69. The normalized spacial score (nSPS) is 32.3. The van der Waals surface area contributed by atoms with Gasteiger partial charge >= 0.3 is 0 Å². The summed E-state index contributed by atoms with van der Waals surface area (Å²) in [6.07, 6.45) is 4.05. The van der Waals surface area contributed by atoms with Crippen LogP contribution in [0.5, 0.6) is 5.75 Å². The number of aryl methyl sites for hydroxylation is 1. The number of phenols is 1. The third-order valence-corrected chi connectivity index (χ3v) is 8.09. The van der Waals surface area contributed by atoms with Crippen LogP contribution in [0.2, 0.25) is 0 Å². The summed E-state index contributed by atoms with van der Waals surface area (Å²) in [5.41, 5.74) is 4.32. The minimum atomic E-state index is -2.69. The van der Waals surface area contributed by atoms with E-state index in [4.69, 9.17) is 5.73 Å². The molecule has 0 aliphatic heterocycles. The molecule has 0 bridgehead atoms. The number of likely N-dealkylation sites (N-methyl/N-ethyl adjacent to an activating group) is 1. The predicted molar refractivity (Wildman–Crippen MR) is 125 cm³/mol. The van der Waals surface area contributed by atoms with Crippen LogP contribution in [0.15, 0.2) is 12.1 Å². The molecule has 9 heteroatoms. The molecule has 0 spiro atoms. The van der Waals surface area contributed by atoms with E-state index in [0.29, 0.717) is 12.0 Å². The SMILES string of the molecule is CCCCCc1ccc(O)c2c1C[C@H]1C[C@H]3[C@@H](N(C)C)C(=O)C(C(N)=O)C(=O)[C@@]3(O)C(=O)C1C2=O. The van der Waals surface area contributed by atoms with Crippen LogP contribution < -0.4 is 5.73 Å². The average Bonchev–Trinajstić information content (AvgIpc) is 2.77. The van der Waals surface area contributed by atoms with Gasteiger partial charge in [-0.1, -0.05) is 25.8 Å². The number of phenolic OH excluding ortho intramolecular Hbond substituents is 1. The van der Waals surface area contributed by atoms with Crippen molar-refractivity contribution in [2.24, 2.45) is 29.4 Å². The number of aromatic hydroxyl groups is 1. The van der Waals surface area contributed by atoms with E-state index >= 15 is 0 Å². The third-order valence-electron chi connectivity index (χ3n) is 8.09. The van der Waals surface area contributed by atoms with Gasteiger partial charge in [0.2, 0.25) is 5.91 Å². The Kier molecular flexibility index (Phi) is 6.44. The molecule has 188 valence electrons. The molecule has 2 fully saturated rings. The van der Waals surface area contributed by atoms with Crippen LogP contribution in [0.1, 0.15) is 54.1 Å². The van der Waals surface area contributed by atoms with E-state index in [-0.39, 0.29) is 17.7 Å². The predicted octanol–water partition coefficient (Wildman–Crippen LogP) is 0.600. The number of hydrogen-bond donors (Lipinski definition) is 3. The Bertz CT molecular complexity index is 1130. The van der Waals surface area contributed by atoms with Crippen LogP contribution in [0.3, 0.4) is 0 Å². The zero-order valence-corrected chi connectivity index (χ0v) is 20.2. The number of rotatable bonds is 6. The van der Waals surface area contributed by atoms with E-state index in [0.717, 1.165) is 31.2 Å². The highest BCUT2D eigenvalue weighted by Crippen LogP contribution is 2.51. The van der Waals surface area contributed by atoms with Gasteiger partial charge in [-0.2, -0.15) is 0 Å². The first-order valence-corrected chi connectivity index (χ1v) is 12.1. The van der Waals surface area contributed by atoms with E-state index in [1.165, 1.54) is 11.0 Å². The summed E-state index contributed by atoms with van der Waals surface area (Å²) in [5.74, 6) is -10.1. The topological polar surface area (TPSA) is 155 Å². The summed E-state index contributed by atoms with van der Waals surface area (Å²) in [5, 5.41) is 22.1. The van der Waals surface area contributed by atoms with Crippen molar-refractivity contribution in [2.45, 2.75) is 57.1 Å². The molecule has 6 atom stereocenters. The van der Waals surface area contributed by atoms with Crippen molar-refractivity contribution >= 4 is 29.0 Å². The van der Waals surface area contributed by atoms with E-state index in [2.05, 4.69) is 6.92 Å². The number of nitrogens with two attached hydrogens (primary N) is 1. The molecular formula is C26H32N2O7. The Hall–Kier alpha value is -2.91. The van der Waals surface area contributed by atoms with E-state index < -0.39 is 64.4 Å². The van der Waals surface area contributed by atoms with E-state index in [1.807, 2.05) is 0 Å². The Labute approximate surface area is 203 Å². The molecule has 0 saturated heterocycles. The second-order valence-corrected chi connectivity index (χ2v) is 10.3. The van der Waals surface area contributed by atoms with Gasteiger partial charge in [-0.3, -0.25) is 28.9 Å². The molecule has 2 saturated carbocycles. The van der Waals surface area contributed by atoms with Crippen molar-refractivity contribution in [3.8, 4) is 5.75 Å². The lowest BCUT2D eigenvalue weighted by Crippen LogP contribution is -2.74. The molecule has 1 aromatic carbocycles. The summed E-state index contributed by atoms with van der Waals surface area (Å²) in [6, 6.07) is 2.15. The molecule has 0 aromatic heterocycles. The number of Topliss-reactive ketones (excluding diaryl/α,β-unsaturated/α-hetero) is 4. The van der Waals surface area contributed by atoms with Gasteiger partial charge in [0.25, 0.3) is 0 Å². The average molecular weight is 485 g/mol. The fourth-order valence-electron chi connectivity index (χ4n) is 6.47. The maximum absolute atomic E-state index is 13.7. The number of nitrogens with zero attached hydrogens (tertiary/aromatic N) is 1. The van der Waals surface area contributed by atoms with Crippen LogP contribution in [-0.2, 0) is 32.0 Å². The number of carbonyl (C=O) groups excluding carboxylic acids is 5. The zero-order valence-electron chi connectivity index (χ0n) is 20.2. The lowest BCUT2D eigenvalue weighted by Gasteiger charge is -2.52. The maximum Gasteiger partial charge on any atom is 0.235 e. The number of aliphatic hydroxyl groups is 1. The molecule has 35 heavy (non-hydrogen) atoms. The van der Waals surface area contributed by atoms with Crippen molar-refractivity contribution in [3.63, 3.8) is 0 Å². The number of benzene rings is 1. The minimum absolute atomic E-state index is 0.0607. The van der Waals surface area contributed by atoms with Gasteiger partial charge in [-0.15, -0.1) is 0 Å². The van der Waals surface area contributed by atoms with E-state index in [1.54, 1.807) is 20.2 Å². The molecule has 0 radical (unpaired) electrons. The number of primary amides is 1. The fourth-order valence-corrected chi connectivity index (χ4v) is 6.47. The van der Waals surface area contributed by atoms with Crippen LogP contribution >= 0.6 is 0 Å². The highest BCUT2D eigenvalue weighted by atomic mass is 16.3. The Morgan fingerprint density at radius 3 is 2.43 bits per heavy atom. The van der Waals surface area contributed by atoms with Gasteiger partial charge in [0.05, 0.1) is 17.5 Å². The molecule has 0 heterocycles. The van der Waals surface area contributed by atoms with Gasteiger partial charge in [0.15, 0.2) is 34.7 Å². The number of unbranched alkanes of at least 4 members (excludes halogenated alkanes) is 2. The lowest BCUT2D eigenvalue weighted by molar-refractivity contribution is -0.181. The molecule has 3 aliphatic carbocycles. The Balaban J connectivity index is 1.81. The molecule has 4 N–H and O–H groups in total. The Morgan fingerprint density at radius 2 is 1.83 bits per heavy atom. The number of fused-ring (bicyclic) bond motifs is 3. The van der Waals surface area contributed by atoms with Crippen LogP contribution in [0.25, 0.3) is 0 Å². The largest absolute Gasteiger partial charge is 0.507 e. The first kappa shape index (κ1) is 25.2. The van der Waals surface area contributed by atoms with Crippen molar-refractivity contribution in [2.75, 3.05) is 14.1 Å². The summed E-state index contributed by atoms with van der Waals surface area (Å²) >= 11 is 0. The lowest BCUT2D eigenvalue weighted by atomic mass is 9.52. The molecule has 3 aliphatic rings. The van der Waals surface area contributed by atoms with Gasteiger partial charge in [0.1, 0.15) is 5.75 Å². The summed E-state index contributed by atoms with van der Waals surface area (Å²) in [6.45, 7) is 2.09. The van der Waals surface area contributed by atoms with Crippen molar-refractivity contribution in [3.05, 3.63) is 28.8 Å². The van der Waals surface area contributed by atoms with Gasteiger partial charge in [-0.05, 0) is 62.9 Å². The van der Waals surface area contributed by atoms with E-state index in [9.17, 15) is 34.2 Å². The zero-order chi connectivity index (χ0) is 25.8. The Morgan fingerprint density at radius 1 is 1.14 bits per heavy atom. The molecule has 9 nitrogen and oxygen atoms in total. The van der Waals surface area contributed by atoms with Crippen molar-refractivity contribution < 1.29 is 34.2 Å². The van der Waals surface area contributed by atoms with Gasteiger partial charge < -0.3 is 15.9 Å².